The van der Waals surface area contributed by atoms with Gasteiger partial charge in [-0.05, 0) is 24.1 Å². The van der Waals surface area contributed by atoms with Crippen molar-refractivity contribution >= 4 is 11.9 Å². The van der Waals surface area contributed by atoms with Crippen LogP contribution in [0.2, 0.25) is 0 Å². The number of carbonyl (C=O) groups excluding carboxylic acids is 2. The quantitative estimate of drug-likeness (QED) is 0.579. The topological polar surface area (TPSA) is 43.4 Å². The summed E-state index contributed by atoms with van der Waals surface area (Å²) in [6.45, 7) is 3.47. The molecule has 0 fully saturated rings. The van der Waals surface area contributed by atoms with Gasteiger partial charge in [-0.15, -0.1) is 0 Å². The Kier molecular flexibility index (Phi) is 4.64. The lowest BCUT2D eigenvalue weighted by Crippen LogP contribution is -2.14. The van der Waals surface area contributed by atoms with Crippen molar-refractivity contribution in [2.24, 2.45) is 0 Å². The molecule has 0 aliphatic carbocycles. The Labute approximate surface area is 93.2 Å². The van der Waals surface area contributed by atoms with Crippen molar-refractivity contribution in [3.05, 3.63) is 42.6 Å². The first kappa shape index (κ1) is 12.4. The SMILES string of the molecule is [CH2]CCC(=O)OC(=O)Cc1ccc(F)cc1. The minimum absolute atomic E-state index is 0.0385. The molecule has 0 spiro atoms. The molecule has 4 heteroatoms. The lowest BCUT2D eigenvalue weighted by Gasteiger charge is -2.02. The predicted molar refractivity (Wildman–Crippen MR) is 55.8 cm³/mol. The lowest BCUT2D eigenvalue weighted by atomic mass is 10.1. The van der Waals surface area contributed by atoms with Crippen molar-refractivity contribution in [2.45, 2.75) is 19.3 Å². The Morgan fingerprint density at radius 3 is 2.38 bits per heavy atom. The van der Waals surface area contributed by atoms with Crippen molar-refractivity contribution in [1.29, 1.82) is 0 Å². The van der Waals surface area contributed by atoms with Crippen molar-refractivity contribution < 1.29 is 18.7 Å². The molecule has 16 heavy (non-hydrogen) atoms. The molecule has 3 nitrogen and oxygen atoms in total. The van der Waals surface area contributed by atoms with Crippen LogP contribution in [0.1, 0.15) is 18.4 Å². The van der Waals surface area contributed by atoms with Crippen molar-refractivity contribution in [1.82, 2.24) is 0 Å². The number of halogens is 1. The number of carbonyl (C=O) groups is 2. The highest BCUT2D eigenvalue weighted by Crippen LogP contribution is 2.05. The van der Waals surface area contributed by atoms with Gasteiger partial charge in [-0.3, -0.25) is 9.59 Å². The molecule has 0 heterocycles. The number of benzene rings is 1. The van der Waals surface area contributed by atoms with Crippen LogP contribution >= 0.6 is 0 Å². The van der Waals surface area contributed by atoms with Gasteiger partial charge in [0.15, 0.2) is 0 Å². The van der Waals surface area contributed by atoms with Gasteiger partial charge in [0.2, 0.25) is 0 Å². The first-order chi connectivity index (χ1) is 7.61. The molecule has 0 atom stereocenters. The van der Waals surface area contributed by atoms with Gasteiger partial charge in [0.1, 0.15) is 5.82 Å². The predicted octanol–water partition coefficient (Wildman–Crippen LogP) is 2.05. The van der Waals surface area contributed by atoms with Crippen LogP contribution in [0, 0.1) is 12.7 Å². The van der Waals surface area contributed by atoms with E-state index in [-0.39, 0.29) is 18.7 Å². The minimum atomic E-state index is -0.634. The van der Waals surface area contributed by atoms with Crippen LogP contribution in [0.4, 0.5) is 4.39 Å². The zero-order valence-electron chi connectivity index (χ0n) is 8.74. The molecule has 0 aromatic heterocycles. The van der Waals surface area contributed by atoms with Crippen molar-refractivity contribution in [3.8, 4) is 0 Å². The maximum atomic E-state index is 12.6. The van der Waals surface area contributed by atoms with Gasteiger partial charge in [0, 0.05) is 6.42 Å². The second kappa shape index (κ2) is 6.00. The van der Waals surface area contributed by atoms with Crippen molar-refractivity contribution in [3.63, 3.8) is 0 Å². The molecule has 0 aliphatic rings. The third-order valence-corrected chi connectivity index (χ3v) is 1.87. The highest BCUT2D eigenvalue weighted by atomic mass is 19.1. The first-order valence-electron chi connectivity index (χ1n) is 4.89. The van der Waals surface area contributed by atoms with Crippen LogP contribution in [0.5, 0.6) is 0 Å². The van der Waals surface area contributed by atoms with E-state index < -0.39 is 11.9 Å². The summed E-state index contributed by atoms with van der Waals surface area (Å²) in [5, 5.41) is 0. The van der Waals surface area contributed by atoms with E-state index in [1.807, 2.05) is 0 Å². The average Bonchev–Trinajstić information content (AvgIpc) is 2.21. The third-order valence-electron chi connectivity index (χ3n) is 1.87. The fourth-order valence-corrected chi connectivity index (χ4v) is 1.13. The van der Waals surface area contributed by atoms with E-state index in [1.165, 1.54) is 24.3 Å². The van der Waals surface area contributed by atoms with Gasteiger partial charge in [-0.2, -0.15) is 0 Å². The largest absolute Gasteiger partial charge is 0.393 e. The molecule has 1 aromatic rings. The van der Waals surface area contributed by atoms with Crippen LogP contribution in [-0.4, -0.2) is 11.9 Å². The van der Waals surface area contributed by atoms with Crippen molar-refractivity contribution in [2.75, 3.05) is 0 Å². The molecule has 0 bridgehead atoms. The van der Waals surface area contributed by atoms with Gasteiger partial charge in [-0.25, -0.2) is 4.39 Å². The first-order valence-corrected chi connectivity index (χ1v) is 4.89. The van der Waals surface area contributed by atoms with E-state index in [1.54, 1.807) is 0 Å². The summed E-state index contributed by atoms with van der Waals surface area (Å²) >= 11 is 0. The van der Waals surface area contributed by atoms with Crippen LogP contribution in [0.15, 0.2) is 24.3 Å². The van der Waals surface area contributed by atoms with E-state index in [2.05, 4.69) is 11.7 Å². The molecule has 1 radical (unpaired) electrons. The summed E-state index contributed by atoms with van der Waals surface area (Å²) in [5.74, 6) is -1.59. The Bertz CT molecular complexity index is 370. The monoisotopic (exact) mass is 223 g/mol. The summed E-state index contributed by atoms with van der Waals surface area (Å²) in [5.41, 5.74) is 0.605. The number of ether oxygens (including phenoxy) is 1. The zero-order valence-corrected chi connectivity index (χ0v) is 8.74. The standard InChI is InChI=1S/C12H12FO3/c1-2-3-11(14)16-12(15)8-9-4-6-10(13)7-5-9/h4-7H,1-3,8H2. The molecule has 0 aliphatic heterocycles. The molecule has 0 amide bonds. The van der Waals surface area contributed by atoms with Gasteiger partial charge in [0.25, 0.3) is 0 Å². The van der Waals surface area contributed by atoms with Gasteiger partial charge in [-0.1, -0.05) is 19.1 Å². The number of esters is 2. The summed E-state index contributed by atoms with van der Waals surface area (Å²) in [7, 11) is 0. The average molecular weight is 223 g/mol. The number of hydrogen-bond donors (Lipinski definition) is 0. The highest BCUT2D eigenvalue weighted by Gasteiger charge is 2.10. The van der Waals surface area contributed by atoms with Gasteiger partial charge in [0.05, 0.1) is 6.42 Å². The highest BCUT2D eigenvalue weighted by molar-refractivity contribution is 5.86. The second-order valence-corrected chi connectivity index (χ2v) is 3.25. The van der Waals surface area contributed by atoms with E-state index in [9.17, 15) is 14.0 Å². The zero-order chi connectivity index (χ0) is 12.0. The number of hydrogen-bond acceptors (Lipinski definition) is 3. The normalized spacial score (nSPS) is 9.88. The van der Waals surface area contributed by atoms with E-state index in [0.717, 1.165) is 0 Å². The molecule has 0 saturated heterocycles. The van der Waals surface area contributed by atoms with Crippen LogP contribution in [0.25, 0.3) is 0 Å². The molecule has 85 valence electrons. The molecule has 1 rings (SSSR count). The maximum absolute atomic E-state index is 12.6. The Hall–Kier alpha value is -1.71. The van der Waals surface area contributed by atoms with Crippen LogP contribution < -0.4 is 0 Å². The number of rotatable bonds is 4. The molecular formula is C12H12FO3. The fourth-order valence-electron chi connectivity index (χ4n) is 1.13. The van der Waals surface area contributed by atoms with Gasteiger partial charge >= 0.3 is 11.9 Å². The van der Waals surface area contributed by atoms with Gasteiger partial charge < -0.3 is 4.74 Å². The molecular weight excluding hydrogens is 211 g/mol. The van der Waals surface area contributed by atoms with Crippen LogP contribution in [-0.2, 0) is 20.7 Å². The molecule has 1 aromatic carbocycles. The lowest BCUT2D eigenvalue weighted by molar-refractivity contribution is -0.159. The van der Waals surface area contributed by atoms with E-state index >= 15 is 0 Å². The van der Waals surface area contributed by atoms with E-state index in [0.29, 0.717) is 12.0 Å². The third kappa shape index (κ3) is 4.21. The summed E-state index contributed by atoms with van der Waals surface area (Å²) in [6, 6.07) is 5.45. The maximum Gasteiger partial charge on any atom is 0.317 e. The summed E-state index contributed by atoms with van der Waals surface area (Å²) in [4.78, 5) is 22.2. The fraction of sp³-hybridized carbons (Fsp3) is 0.250. The van der Waals surface area contributed by atoms with Crippen LogP contribution in [0.3, 0.4) is 0 Å². The second-order valence-electron chi connectivity index (χ2n) is 3.25. The molecule has 0 saturated carbocycles. The molecule has 0 N–H and O–H groups in total. The Morgan fingerprint density at radius 1 is 1.19 bits per heavy atom. The summed E-state index contributed by atoms with van der Waals surface area (Å²) < 4.78 is 17.1. The van der Waals surface area contributed by atoms with E-state index in [4.69, 9.17) is 0 Å². The summed E-state index contributed by atoms with van der Waals surface area (Å²) in [6.07, 6.45) is 0.473. The molecule has 0 unspecified atom stereocenters. The minimum Gasteiger partial charge on any atom is -0.393 e. The Morgan fingerprint density at radius 2 is 1.81 bits per heavy atom. The smallest absolute Gasteiger partial charge is 0.317 e. The Balaban J connectivity index is 2.45.